The maximum atomic E-state index is 13.0. The number of hydrogen-bond donors (Lipinski definition) is 2. The Balaban J connectivity index is 0.00000363. The molecule has 0 fully saturated rings. The van der Waals surface area contributed by atoms with Crippen molar-refractivity contribution in [2.24, 2.45) is 0 Å². The normalized spacial score (nSPS) is 14.2. The molecule has 0 radical (unpaired) electrons. The van der Waals surface area contributed by atoms with Crippen molar-refractivity contribution in [3.8, 4) is 0 Å². The molecule has 3 N–H and O–H groups in total. The maximum Gasteiger partial charge on any atom is 0.265 e. The maximum absolute atomic E-state index is 13.0. The van der Waals surface area contributed by atoms with Crippen LogP contribution in [0.5, 0.6) is 0 Å². The lowest BCUT2D eigenvalue weighted by atomic mass is 9.98. The number of nitrogens with two attached hydrogens (primary N) is 1. The smallest absolute Gasteiger partial charge is 0.265 e. The van der Waals surface area contributed by atoms with Gasteiger partial charge >= 0.3 is 0 Å². The number of sulfonamides is 1. The van der Waals surface area contributed by atoms with Gasteiger partial charge in [0.2, 0.25) is 5.91 Å². The van der Waals surface area contributed by atoms with Crippen molar-refractivity contribution >= 4 is 45.7 Å². The van der Waals surface area contributed by atoms with Gasteiger partial charge in [0.1, 0.15) is 5.82 Å². The third kappa shape index (κ3) is 5.45. The molecule has 0 unspecified atom stereocenters. The molecule has 1 aliphatic rings. The standard InChI is InChI=1S/C21H25N5O4S.ClH/c1-14-11-12-26(24-31(29,30)16-7-5-4-6-8-16)21(28)17(14)13-20(27)25(3)18-9-10-19(22)23-15(18)2;/h4-10,24H,11-13H2,1-3H3,(H2,22,23);1H. The molecule has 172 valence electrons. The molecule has 32 heavy (non-hydrogen) atoms. The number of hydrogen-bond acceptors (Lipinski definition) is 6. The lowest BCUT2D eigenvalue weighted by molar-refractivity contribution is -0.130. The molecule has 0 bridgehead atoms. The summed E-state index contributed by atoms with van der Waals surface area (Å²) in [5.74, 6) is -0.494. The van der Waals surface area contributed by atoms with Crippen LogP contribution in [0.3, 0.4) is 0 Å². The highest BCUT2D eigenvalue weighted by molar-refractivity contribution is 7.89. The number of rotatable bonds is 6. The summed E-state index contributed by atoms with van der Waals surface area (Å²) in [7, 11) is -2.32. The summed E-state index contributed by atoms with van der Waals surface area (Å²) in [6, 6.07) is 11.1. The molecule has 1 aromatic carbocycles. The third-order valence-electron chi connectivity index (χ3n) is 5.16. The second-order valence-corrected chi connectivity index (χ2v) is 9.00. The topological polar surface area (TPSA) is 126 Å². The molecular formula is C21H26ClN5O4S. The highest BCUT2D eigenvalue weighted by Crippen LogP contribution is 2.25. The van der Waals surface area contributed by atoms with Gasteiger partial charge in [-0.2, -0.15) is 0 Å². The van der Waals surface area contributed by atoms with Gasteiger partial charge in [-0.3, -0.25) is 14.6 Å². The Morgan fingerprint density at radius 2 is 1.84 bits per heavy atom. The first-order valence-electron chi connectivity index (χ1n) is 9.68. The number of pyridine rings is 1. The number of nitrogens with zero attached hydrogens (tertiary/aromatic N) is 3. The van der Waals surface area contributed by atoms with E-state index in [2.05, 4.69) is 9.82 Å². The molecule has 0 saturated carbocycles. The number of hydrazine groups is 1. The van der Waals surface area contributed by atoms with Gasteiger partial charge in [0.25, 0.3) is 15.9 Å². The van der Waals surface area contributed by atoms with E-state index in [1.807, 2.05) is 0 Å². The summed E-state index contributed by atoms with van der Waals surface area (Å²) in [6.07, 6.45) is 0.298. The summed E-state index contributed by atoms with van der Waals surface area (Å²) < 4.78 is 25.2. The molecule has 2 aromatic rings. The zero-order chi connectivity index (χ0) is 22.8. The van der Waals surface area contributed by atoms with Crippen molar-refractivity contribution in [3.63, 3.8) is 0 Å². The molecular weight excluding hydrogens is 454 g/mol. The average molecular weight is 480 g/mol. The third-order valence-corrected chi connectivity index (χ3v) is 6.51. The van der Waals surface area contributed by atoms with Gasteiger partial charge in [0.05, 0.1) is 22.7 Å². The Morgan fingerprint density at radius 3 is 2.47 bits per heavy atom. The van der Waals surface area contributed by atoms with Crippen LogP contribution in [0.15, 0.2) is 58.5 Å². The lowest BCUT2D eigenvalue weighted by Crippen LogP contribution is -2.49. The van der Waals surface area contributed by atoms with Gasteiger partial charge in [-0.25, -0.2) is 13.4 Å². The fraction of sp³-hybridized carbons (Fsp3) is 0.286. The number of aryl methyl sites for hydroxylation is 1. The summed E-state index contributed by atoms with van der Waals surface area (Å²) in [5.41, 5.74) is 7.88. The van der Waals surface area contributed by atoms with Crippen LogP contribution in [-0.2, 0) is 19.6 Å². The van der Waals surface area contributed by atoms with E-state index in [9.17, 15) is 18.0 Å². The van der Waals surface area contributed by atoms with Crippen LogP contribution in [0.2, 0.25) is 0 Å². The Bertz CT molecular complexity index is 1150. The zero-order valence-corrected chi connectivity index (χ0v) is 19.7. The Kier molecular flexibility index (Phi) is 8.00. The number of carbonyl (C=O) groups excluding carboxylic acids is 2. The number of nitrogen functional groups attached to an aromatic ring is 1. The summed E-state index contributed by atoms with van der Waals surface area (Å²) in [6.45, 7) is 3.71. The largest absolute Gasteiger partial charge is 0.384 e. The van der Waals surface area contributed by atoms with Crippen LogP contribution in [0, 0.1) is 6.92 Å². The van der Waals surface area contributed by atoms with E-state index in [0.717, 1.165) is 10.6 Å². The quantitative estimate of drug-likeness (QED) is 0.654. The minimum absolute atomic E-state index is 0. The van der Waals surface area contributed by atoms with E-state index in [1.165, 1.54) is 17.0 Å². The molecule has 9 nitrogen and oxygen atoms in total. The number of carbonyl (C=O) groups is 2. The van der Waals surface area contributed by atoms with E-state index in [0.29, 0.717) is 23.6 Å². The van der Waals surface area contributed by atoms with Gasteiger partial charge in [0.15, 0.2) is 0 Å². The minimum Gasteiger partial charge on any atom is -0.384 e. The zero-order valence-electron chi connectivity index (χ0n) is 18.0. The molecule has 2 amide bonds. The molecule has 0 atom stereocenters. The molecule has 0 spiro atoms. The van der Waals surface area contributed by atoms with Crippen molar-refractivity contribution in [1.82, 2.24) is 14.8 Å². The first-order valence-corrected chi connectivity index (χ1v) is 11.2. The summed E-state index contributed by atoms with van der Waals surface area (Å²) in [4.78, 5) is 33.8. The van der Waals surface area contributed by atoms with Gasteiger partial charge in [-0.15, -0.1) is 17.2 Å². The Hall–Kier alpha value is -2.95. The lowest BCUT2D eigenvalue weighted by Gasteiger charge is -2.30. The minimum atomic E-state index is -3.91. The van der Waals surface area contributed by atoms with Crippen molar-refractivity contribution in [1.29, 1.82) is 0 Å². The van der Waals surface area contributed by atoms with Crippen LogP contribution in [0.4, 0.5) is 11.5 Å². The van der Waals surface area contributed by atoms with Crippen molar-refractivity contribution in [3.05, 3.63) is 59.3 Å². The molecule has 2 heterocycles. The predicted octanol–water partition coefficient (Wildman–Crippen LogP) is 2.19. The summed E-state index contributed by atoms with van der Waals surface area (Å²) in [5, 5.41) is 1.05. The molecule has 0 saturated heterocycles. The van der Waals surface area contributed by atoms with E-state index >= 15 is 0 Å². The first kappa shape index (κ1) is 25.3. The van der Waals surface area contributed by atoms with Crippen molar-refractivity contribution < 1.29 is 18.0 Å². The number of amides is 2. The number of benzene rings is 1. The first-order chi connectivity index (χ1) is 14.6. The van der Waals surface area contributed by atoms with Crippen molar-refractivity contribution in [2.45, 2.75) is 31.6 Å². The molecule has 11 heteroatoms. The predicted molar refractivity (Wildman–Crippen MR) is 124 cm³/mol. The highest BCUT2D eigenvalue weighted by atomic mass is 35.5. The van der Waals surface area contributed by atoms with Gasteiger partial charge in [-0.1, -0.05) is 23.8 Å². The van der Waals surface area contributed by atoms with Gasteiger partial charge < -0.3 is 10.6 Å². The van der Waals surface area contributed by atoms with Crippen LogP contribution in [0.1, 0.15) is 25.5 Å². The second-order valence-electron chi connectivity index (χ2n) is 7.34. The van der Waals surface area contributed by atoms with Crippen LogP contribution in [0.25, 0.3) is 0 Å². The van der Waals surface area contributed by atoms with Gasteiger partial charge in [0, 0.05) is 19.2 Å². The average Bonchev–Trinajstić information content (AvgIpc) is 2.73. The van der Waals surface area contributed by atoms with Gasteiger partial charge in [-0.05, 0) is 44.5 Å². The molecule has 1 aromatic heterocycles. The number of nitrogens with one attached hydrogen (secondary N) is 1. The fourth-order valence-electron chi connectivity index (χ4n) is 3.32. The number of aromatic nitrogens is 1. The van der Waals surface area contributed by atoms with E-state index in [-0.39, 0.29) is 41.7 Å². The molecule has 0 aliphatic carbocycles. The van der Waals surface area contributed by atoms with Crippen LogP contribution < -0.4 is 15.5 Å². The van der Waals surface area contributed by atoms with E-state index < -0.39 is 15.9 Å². The van der Waals surface area contributed by atoms with E-state index in [4.69, 9.17) is 5.73 Å². The van der Waals surface area contributed by atoms with Crippen LogP contribution in [-0.4, -0.2) is 43.8 Å². The fourth-order valence-corrected chi connectivity index (χ4v) is 4.41. The second kappa shape index (κ2) is 10.1. The number of halogens is 1. The monoisotopic (exact) mass is 479 g/mol. The molecule has 1 aliphatic heterocycles. The van der Waals surface area contributed by atoms with Crippen molar-refractivity contribution in [2.75, 3.05) is 24.2 Å². The Morgan fingerprint density at radius 1 is 1.19 bits per heavy atom. The SMILES string of the molecule is CC1=C(CC(=O)N(C)c2ccc(N)nc2C)C(=O)N(NS(=O)(=O)c2ccccc2)CC1.Cl. The van der Waals surface area contributed by atoms with Crippen LogP contribution >= 0.6 is 12.4 Å². The Labute approximate surface area is 193 Å². The van der Waals surface area contributed by atoms with E-state index in [1.54, 1.807) is 51.2 Å². The highest BCUT2D eigenvalue weighted by Gasteiger charge is 2.31. The number of anilines is 2. The molecule has 3 rings (SSSR count). The summed E-state index contributed by atoms with van der Waals surface area (Å²) >= 11 is 0.